The number of nitro groups is 1. The van der Waals surface area contributed by atoms with Gasteiger partial charge in [-0.3, -0.25) is 14.9 Å². The zero-order chi connectivity index (χ0) is 18.1. The fraction of sp³-hybridized carbons (Fsp3) is 0. The molecule has 0 saturated heterocycles. The molecule has 0 bridgehead atoms. The van der Waals surface area contributed by atoms with Gasteiger partial charge in [0, 0.05) is 17.7 Å². The number of benzene rings is 2. The summed E-state index contributed by atoms with van der Waals surface area (Å²) >= 11 is 12.0. The molecule has 0 radical (unpaired) electrons. The van der Waals surface area contributed by atoms with Crippen LogP contribution >= 0.6 is 23.2 Å². The fourth-order valence-electron chi connectivity index (χ4n) is 2.30. The van der Waals surface area contributed by atoms with E-state index in [1.807, 2.05) is 0 Å². The Bertz CT molecular complexity index is 984. The van der Waals surface area contributed by atoms with Gasteiger partial charge in [0.1, 0.15) is 5.82 Å². The molecule has 0 saturated carbocycles. The number of hydrogen-bond donors (Lipinski definition) is 0. The molecule has 0 unspecified atom stereocenters. The monoisotopic (exact) mass is 379 g/mol. The highest BCUT2D eigenvalue weighted by molar-refractivity contribution is 6.34. The Balaban J connectivity index is 2.10. The van der Waals surface area contributed by atoms with Crippen molar-refractivity contribution in [1.29, 1.82) is 0 Å². The lowest BCUT2D eigenvalue weighted by Gasteiger charge is -2.09. The summed E-state index contributed by atoms with van der Waals surface area (Å²) in [5.74, 6) is -1.56. The molecular formula is C16H8Cl2FN3O3. The largest absolute Gasteiger partial charge is 0.283 e. The molecule has 3 aromatic rings. The molecular weight excluding hydrogens is 372 g/mol. The second-order valence-corrected chi connectivity index (χ2v) is 5.77. The van der Waals surface area contributed by atoms with Crippen molar-refractivity contribution in [2.24, 2.45) is 0 Å². The van der Waals surface area contributed by atoms with E-state index in [9.17, 15) is 19.3 Å². The molecule has 0 atom stereocenters. The fourth-order valence-corrected chi connectivity index (χ4v) is 2.82. The van der Waals surface area contributed by atoms with Gasteiger partial charge in [-0.15, -0.1) is 0 Å². The summed E-state index contributed by atoms with van der Waals surface area (Å²) in [6, 6.07) is 9.17. The summed E-state index contributed by atoms with van der Waals surface area (Å²) < 4.78 is 14.9. The number of nitro benzene ring substituents is 1. The first-order valence-electron chi connectivity index (χ1n) is 6.87. The van der Waals surface area contributed by atoms with E-state index in [-0.39, 0.29) is 27.0 Å². The Morgan fingerprint density at radius 3 is 2.56 bits per heavy atom. The number of hydrogen-bond acceptors (Lipinski definition) is 4. The smallest absolute Gasteiger partial charge is 0.267 e. The summed E-state index contributed by atoms with van der Waals surface area (Å²) in [7, 11) is 0. The Morgan fingerprint density at radius 2 is 1.92 bits per heavy atom. The van der Waals surface area contributed by atoms with Crippen LogP contribution in [0.2, 0.25) is 10.0 Å². The van der Waals surface area contributed by atoms with Gasteiger partial charge in [-0.25, -0.2) is 4.39 Å². The van der Waals surface area contributed by atoms with Gasteiger partial charge in [0.2, 0.25) is 0 Å². The lowest BCUT2D eigenvalue weighted by Crippen LogP contribution is -2.17. The van der Waals surface area contributed by atoms with Crippen molar-refractivity contribution in [3.05, 3.63) is 80.2 Å². The molecule has 0 N–H and O–H groups in total. The van der Waals surface area contributed by atoms with E-state index in [2.05, 4.69) is 5.10 Å². The third-order valence-corrected chi connectivity index (χ3v) is 4.08. The topological polar surface area (TPSA) is 78.0 Å². The second kappa shape index (κ2) is 6.62. The van der Waals surface area contributed by atoms with Gasteiger partial charge in [0.05, 0.1) is 32.4 Å². The molecule has 6 nitrogen and oxygen atoms in total. The third-order valence-electron chi connectivity index (χ3n) is 3.45. The number of carbonyl (C=O) groups excluding carboxylic acids is 1. The number of non-ortho nitro benzene ring substituents is 1. The van der Waals surface area contributed by atoms with Gasteiger partial charge in [0.15, 0.2) is 0 Å². The standard InChI is InChI=1S/C16H8Cl2FN3O3/c17-11-2-1-3-13(19)15(11)16(23)21-14(6-7-20-21)10-5-4-9(22(24)25)8-12(10)18/h1-8H. The molecule has 1 heterocycles. The predicted octanol–water partition coefficient (Wildman–Crippen LogP) is 4.59. The Hall–Kier alpha value is -2.77. The van der Waals surface area contributed by atoms with Crippen LogP contribution in [0.25, 0.3) is 11.3 Å². The lowest BCUT2D eigenvalue weighted by molar-refractivity contribution is -0.384. The van der Waals surface area contributed by atoms with E-state index in [0.717, 1.165) is 16.8 Å². The average Bonchev–Trinajstić information content (AvgIpc) is 3.03. The van der Waals surface area contributed by atoms with E-state index < -0.39 is 16.6 Å². The molecule has 0 aliphatic heterocycles. The van der Waals surface area contributed by atoms with Crippen LogP contribution in [0.5, 0.6) is 0 Å². The van der Waals surface area contributed by atoms with Gasteiger partial charge in [-0.05, 0) is 24.3 Å². The van der Waals surface area contributed by atoms with Crippen LogP contribution in [0.4, 0.5) is 10.1 Å². The van der Waals surface area contributed by atoms with Crippen molar-refractivity contribution >= 4 is 34.8 Å². The number of rotatable bonds is 3. The minimum Gasteiger partial charge on any atom is -0.267 e. The van der Waals surface area contributed by atoms with Crippen molar-refractivity contribution in [3.63, 3.8) is 0 Å². The van der Waals surface area contributed by atoms with Crippen LogP contribution in [-0.2, 0) is 0 Å². The van der Waals surface area contributed by atoms with Crippen molar-refractivity contribution in [2.75, 3.05) is 0 Å². The van der Waals surface area contributed by atoms with E-state index in [0.29, 0.717) is 5.56 Å². The first kappa shape index (κ1) is 17.1. The van der Waals surface area contributed by atoms with Crippen LogP contribution in [0.15, 0.2) is 48.7 Å². The van der Waals surface area contributed by atoms with E-state index in [1.54, 1.807) is 0 Å². The second-order valence-electron chi connectivity index (χ2n) is 4.95. The van der Waals surface area contributed by atoms with Crippen LogP contribution in [0.3, 0.4) is 0 Å². The zero-order valence-corrected chi connectivity index (χ0v) is 13.8. The van der Waals surface area contributed by atoms with Crippen molar-refractivity contribution in [1.82, 2.24) is 9.78 Å². The molecule has 0 fully saturated rings. The van der Waals surface area contributed by atoms with Crippen LogP contribution in [0, 0.1) is 15.9 Å². The predicted molar refractivity (Wildman–Crippen MR) is 90.5 cm³/mol. The molecule has 3 rings (SSSR count). The Kier molecular flexibility index (Phi) is 4.52. The van der Waals surface area contributed by atoms with E-state index in [4.69, 9.17) is 23.2 Å². The minimum absolute atomic E-state index is 0.0544. The molecule has 0 amide bonds. The molecule has 0 aliphatic rings. The molecule has 0 spiro atoms. The van der Waals surface area contributed by atoms with Gasteiger partial charge in [-0.2, -0.15) is 9.78 Å². The molecule has 25 heavy (non-hydrogen) atoms. The van der Waals surface area contributed by atoms with Crippen LogP contribution < -0.4 is 0 Å². The lowest BCUT2D eigenvalue weighted by atomic mass is 10.1. The maximum Gasteiger partial charge on any atom is 0.283 e. The van der Waals surface area contributed by atoms with Gasteiger partial charge in [0.25, 0.3) is 11.6 Å². The first-order valence-corrected chi connectivity index (χ1v) is 7.63. The SMILES string of the molecule is O=C(c1c(F)cccc1Cl)n1nccc1-c1ccc([N+](=O)[O-])cc1Cl. The highest BCUT2D eigenvalue weighted by atomic mass is 35.5. The van der Waals surface area contributed by atoms with Crippen molar-refractivity contribution < 1.29 is 14.1 Å². The minimum atomic E-state index is -0.784. The molecule has 2 aromatic carbocycles. The number of halogens is 3. The highest BCUT2D eigenvalue weighted by Crippen LogP contribution is 2.32. The number of nitrogens with zero attached hydrogens (tertiary/aromatic N) is 3. The summed E-state index contributed by atoms with van der Waals surface area (Å²) in [6.45, 7) is 0. The quantitative estimate of drug-likeness (QED) is 0.492. The highest BCUT2D eigenvalue weighted by Gasteiger charge is 2.22. The zero-order valence-electron chi connectivity index (χ0n) is 12.3. The van der Waals surface area contributed by atoms with Gasteiger partial charge >= 0.3 is 0 Å². The average molecular weight is 380 g/mol. The molecule has 1 aromatic heterocycles. The Morgan fingerprint density at radius 1 is 1.16 bits per heavy atom. The van der Waals surface area contributed by atoms with Crippen molar-refractivity contribution in [3.8, 4) is 11.3 Å². The maximum absolute atomic E-state index is 14.0. The third kappa shape index (κ3) is 3.11. The normalized spacial score (nSPS) is 10.7. The first-order chi connectivity index (χ1) is 11.9. The summed E-state index contributed by atoms with van der Waals surface area (Å²) in [4.78, 5) is 22.9. The molecule has 9 heteroatoms. The number of carbonyl (C=O) groups is 1. The summed E-state index contributed by atoms with van der Waals surface area (Å²) in [6.07, 6.45) is 1.33. The van der Waals surface area contributed by atoms with E-state index >= 15 is 0 Å². The van der Waals surface area contributed by atoms with E-state index in [1.165, 1.54) is 36.5 Å². The summed E-state index contributed by atoms with van der Waals surface area (Å²) in [5.41, 5.74) is 0.0743. The van der Waals surface area contributed by atoms with Crippen LogP contribution in [0.1, 0.15) is 10.4 Å². The summed E-state index contributed by atoms with van der Waals surface area (Å²) in [5, 5.41) is 14.7. The molecule has 126 valence electrons. The maximum atomic E-state index is 14.0. The van der Waals surface area contributed by atoms with Crippen LogP contribution in [-0.4, -0.2) is 20.6 Å². The van der Waals surface area contributed by atoms with Gasteiger partial charge < -0.3 is 0 Å². The number of aromatic nitrogens is 2. The Labute approximate surface area is 150 Å². The van der Waals surface area contributed by atoms with Gasteiger partial charge in [-0.1, -0.05) is 29.3 Å². The van der Waals surface area contributed by atoms with Crippen molar-refractivity contribution in [2.45, 2.75) is 0 Å². The molecule has 0 aliphatic carbocycles.